The van der Waals surface area contributed by atoms with Crippen molar-refractivity contribution in [1.82, 2.24) is 4.98 Å². The minimum absolute atomic E-state index is 0.540. The number of fused-ring (bicyclic) bond motifs is 1. The van der Waals surface area contributed by atoms with Crippen LogP contribution in [0.5, 0.6) is 5.75 Å². The topological polar surface area (TPSA) is 45.9 Å². The smallest absolute Gasteiger partial charge is 0.137 e. The monoisotopic (exact) mass is 184 g/mol. The van der Waals surface area contributed by atoms with Gasteiger partial charge in [0.05, 0.1) is 7.11 Å². The SMILES string of the molecule is COc1ccc2ccncc2c1C#N. The maximum atomic E-state index is 8.99. The van der Waals surface area contributed by atoms with Gasteiger partial charge in [-0.2, -0.15) is 5.26 Å². The van der Waals surface area contributed by atoms with E-state index in [2.05, 4.69) is 11.1 Å². The van der Waals surface area contributed by atoms with E-state index in [-0.39, 0.29) is 0 Å². The fourth-order valence-corrected chi connectivity index (χ4v) is 1.43. The van der Waals surface area contributed by atoms with Crippen LogP contribution in [0.1, 0.15) is 5.56 Å². The van der Waals surface area contributed by atoms with E-state index in [4.69, 9.17) is 10.00 Å². The molecule has 2 rings (SSSR count). The fourth-order valence-electron chi connectivity index (χ4n) is 1.43. The number of rotatable bonds is 1. The molecule has 14 heavy (non-hydrogen) atoms. The molecule has 0 aliphatic heterocycles. The van der Waals surface area contributed by atoms with Gasteiger partial charge < -0.3 is 4.74 Å². The Morgan fingerprint density at radius 1 is 1.36 bits per heavy atom. The van der Waals surface area contributed by atoms with Gasteiger partial charge in [0.15, 0.2) is 0 Å². The summed E-state index contributed by atoms with van der Waals surface area (Å²) in [7, 11) is 1.55. The molecule has 1 aromatic carbocycles. The van der Waals surface area contributed by atoms with E-state index in [1.165, 1.54) is 0 Å². The van der Waals surface area contributed by atoms with Gasteiger partial charge in [-0.05, 0) is 17.5 Å². The molecule has 68 valence electrons. The molecule has 3 nitrogen and oxygen atoms in total. The number of benzene rings is 1. The Morgan fingerprint density at radius 3 is 2.93 bits per heavy atom. The van der Waals surface area contributed by atoms with Gasteiger partial charge in [-0.15, -0.1) is 0 Å². The molecule has 2 aromatic rings. The highest BCUT2D eigenvalue weighted by atomic mass is 16.5. The largest absolute Gasteiger partial charge is 0.495 e. The van der Waals surface area contributed by atoms with Crippen molar-refractivity contribution < 1.29 is 4.74 Å². The first kappa shape index (κ1) is 8.52. The second kappa shape index (κ2) is 3.35. The third-order valence-electron chi connectivity index (χ3n) is 2.12. The molecule has 0 saturated carbocycles. The molecule has 1 aromatic heterocycles. The van der Waals surface area contributed by atoms with Crippen molar-refractivity contribution in [2.75, 3.05) is 7.11 Å². The summed E-state index contributed by atoms with van der Waals surface area (Å²) >= 11 is 0. The Labute approximate surface area is 81.6 Å². The zero-order valence-corrected chi connectivity index (χ0v) is 7.69. The summed E-state index contributed by atoms with van der Waals surface area (Å²) in [6, 6.07) is 7.70. The van der Waals surface area contributed by atoms with Crippen LogP contribution in [0.3, 0.4) is 0 Å². The number of aromatic nitrogens is 1. The molecule has 0 saturated heterocycles. The number of methoxy groups -OCH3 is 1. The van der Waals surface area contributed by atoms with Crippen molar-refractivity contribution in [1.29, 1.82) is 5.26 Å². The average Bonchev–Trinajstić information content (AvgIpc) is 2.27. The summed E-state index contributed by atoms with van der Waals surface area (Å²) < 4.78 is 5.09. The van der Waals surface area contributed by atoms with E-state index in [9.17, 15) is 0 Å². The molecule has 0 fully saturated rings. The molecule has 0 unspecified atom stereocenters. The molecule has 0 amide bonds. The van der Waals surface area contributed by atoms with Crippen LogP contribution in [-0.4, -0.2) is 12.1 Å². The molecule has 0 aliphatic carbocycles. The third kappa shape index (κ3) is 1.17. The first-order chi connectivity index (χ1) is 6.86. The number of nitrogens with zero attached hydrogens (tertiary/aromatic N) is 2. The summed E-state index contributed by atoms with van der Waals surface area (Å²) in [5, 5.41) is 10.8. The maximum absolute atomic E-state index is 8.99. The Morgan fingerprint density at radius 2 is 2.21 bits per heavy atom. The summed E-state index contributed by atoms with van der Waals surface area (Å²) in [6.45, 7) is 0. The van der Waals surface area contributed by atoms with Gasteiger partial charge in [-0.3, -0.25) is 4.98 Å². The lowest BCUT2D eigenvalue weighted by Gasteiger charge is -2.04. The molecule has 0 atom stereocenters. The molecular formula is C11H8N2O. The zero-order chi connectivity index (χ0) is 9.97. The second-order valence-corrected chi connectivity index (χ2v) is 2.85. The van der Waals surface area contributed by atoms with Crippen molar-refractivity contribution in [2.45, 2.75) is 0 Å². The molecule has 0 spiro atoms. The van der Waals surface area contributed by atoms with Crippen molar-refractivity contribution >= 4 is 10.8 Å². The number of ether oxygens (including phenoxy) is 1. The molecule has 3 heteroatoms. The van der Waals surface area contributed by atoms with Crippen LogP contribution in [0.25, 0.3) is 10.8 Å². The normalized spacial score (nSPS) is 9.71. The number of hydrogen-bond donors (Lipinski definition) is 0. The maximum Gasteiger partial charge on any atom is 0.137 e. The highest BCUT2D eigenvalue weighted by Gasteiger charge is 2.06. The van der Waals surface area contributed by atoms with E-state index >= 15 is 0 Å². The predicted octanol–water partition coefficient (Wildman–Crippen LogP) is 2.12. The summed E-state index contributed by atoms with van der Waals surface area (Å²) in [4.78, 5) is 3.99. The molecule has 0 N–H and O–H groups in total. The van der Waals surface area contributed by atoms with Gasteiger partial charge in [-0.25, -0.2) is 0 Å². The van der Waals surface area contributed by atoms with Gasteiger partial charge in [0, 0.05) is 17.8 Å². The van der Waals surface area contributed by atoms with E-state index in [1.54, 1.807) is 25.6 Å². The van der Waals surface area contributed by atoms with Crippen molar-refractivity contribution in [3.63, 3.8) is 0 Å². The first-order valence-electron chi connectivity index (χ1n) is 4.17. The second-order valence-electron chi connectivity index (χ2n) is 2.85. The highest BCUT2D eigenvalue weighted by Crippen LogP contribution is 2.25. The summed E-state index contributed by atoms with van der Waals surface area (Å²) in [5.74, 6) is 0.591. The van der Waals surface area contributed by atoms with Crippen LogP contribution < -0.4 is 4.74 Å². The van der Waals surface area contributed by atoms with Gasteiger partial charge >= 0.3 is 0 Å². The summed E-state index contributed by atoms with van der Waals surface area (Å²) in [6.07, 6.45) is 3.38. The average molecular weight is 184 g/mol. The minimum atomic E-state index is 0.540. The van der Waals surface area contributed by atoms with Crippen molar-refractivity contribution in [3.05, 3.63) is 36.2 Å². The van der Waals surface area contributed by atoms with Crippen LogP contribution in [0.15, 0.2) is 30.6 Å². The molecular weight excluding hydrogens is 176 g/mol. The summed E-state index contributed by atoms with van der Waals surface area (Å²) in [5.41, 5.74) is 0.540. The van der Waals surface area contributed by atoms with Crippen LogP contribution in [0, 0.1) is 11.3 Å². The lowest BCUT2D eigenvalue weighted by molar-refractivity contribution is 0.414. The van der Waals surface area contributed by atoms with Crippen molar-refractivity contribution in [2.24, 2.45) is 0 Å². The number of nitriles is 1. The number of pyridine rings is 1. The minimum Gasteiger partial charge on any atom is -0.495 e. The van der Waals surface area contributed by atoms with Crippen molar-refractivity contribution in [3.8, 4) is 11.8 Å². The van der Waals surface area contributed by atoms with Gasteiger partial charge in [0.2, 0.25) is 0 Å². The third-order valence-corrected chi connectivity index (χ3v) is 2.12. The Hall–Kier alpha value is -2.08. The number of hydrogen-bond acceptors (Lipinski definition) is 3. The van der Waals surface area contributed by atoms with Gasteiger partial charge in [0.25, 0.3) is 0 Å². The van der Waals surface area contributed by atoms with Crippen LogP contribution in [0.2, 0.25) is 0 Å². The highest BCUT2D eigenvalue weighted by molar-refractivity contribution is 5.89. The van der Waals surface area contributed by atoms with Gasteiger partial charge in [-0.1, -0.05) is 6.07 Å². The zero-order valence-electron chi connectivity index (χ0n) is 7.69. The van der Waals surface area contributed by atoms with Crippen LogP contribution in [-0.2, 0) is 0 Å². The molecule has 0 aliphatic rings. The lowest BCUT2D eigenvalue weighted by Crippen LogP contribution is -1.89. The molecule has 0 radical (unpaired) electrons. The van der Waals surface area contributed by atoms with E-state index in [1.807, 2.05) is 12.1 Å². The Kier molecular flexibility index (Phi) is 2.04. The first-order valence-corrected chi connectivity index (χ1v) is 4.17. The molecule has 0 bridgehead atoms. The standard InChI is InChI=1S/C11H8N2O/c1-14-11-3-2-8-4-5-13-7-10(8)9(11)6-12/h2-5,7H,1H3. The molecule has 1 heterocycles. The fraction of sp³-hybridized carbons (Fsp3) is 0.0909. The lowest BCUT2D eigenvalue weighted by atomic mass is 10.1. The van der Waals surface area contributed by atoms with Crippen LogP contribution >= 0.6 is 0 Å². The quantitative estimate of drug-likeness (QED) is 0.681. The van der Waals surface area contributed by atoms with E-state index in [0.717, 1.165) is 10.8 Å². The van der Waals surface area contributed by atoms with Gasteiger partial charge in [0.1, 0.15) is 17.4 Å². The van der Waals surface area contributed by atoms with E-state index in [0.29, 0.717) is 11.3 Å². The Balaban J connectivity index is 2.85. The Bertz CT molecular complexity index is 514. The van der Waals surface area contributed by atoms with Crippen LogP contribution in [0.4, 0.5) is 0 Å². The predicted molar refractivity (Wildman–Crippen MR) is 53.0 cm³/mol. The van der Waals surface area contributed by atoms with E-state index < -0.39 is 0 Å².